The number of hydrogen-bond donors (Lipinski definition) is 2. The van der Waals surface area contributed by atoms with E-state index in [9.17, 15) is 18.0 Å². The summed E-state index contributed by atoms with van der Waals surface area (Å²) in [6, 6.07) is 12.3. The molecule has 2 aromatic heterocycles. The molecule has 0 fully saturated rings. The van der Waals surface area contributed by atoms with Crippen molar-refractivity contribution in [1.82, 2.24) is 14.8 Å². The quantitative estimate of drug-likeness (QED) is 0.542. The number of nitrogens with one attached hydrogen (secondary N) is 2. The molecule has 4 aromatic rings. The highest BCUT2D eigenvalue weighted by Crippen LogP contribution is 2.33. The zero-order valence-corrected chi connectivity index (χ0v) is 14.5. The minimum Gasteiger partial charge on any atom is -0.361 e. The Morgan fingerprint density at radius 2 is 1.96 bits per heavy atom. The molecule has 0 bridgehead atoms. The van der Waals surface area contributed by atoms with E-state index in [1.165, 1.54) is 16.9 Å². The molecule has 2 N–H and O–H groups in total. The molecule has 1 amide bonds. The molecule has 8 heteroatoms. The van der Waals surface area contributed by atoms with Crippen LogP contribution in [0.25, 0.3) is 16.6 Å². The number of aromatic nitrogens is 3. The molecule has 5 nitrogen and oxygen atoms in total. The van der Waals surface area contributed by atoms with Crippen LogP contribution in [-0.4, -0.2) is 20.7 Å². The number of benzene rings is 2. The van der Waals surface area contributed by atoms with Crippen molar-refractivity contribution in [3.63, 3.8) is 0 Å². The topological polar surface area (TPSA) is 62.7 Å². The number of carbonyl (C=O) groups excluding carboxylic acids is 1. The van der Waals surface area contributed by atoms with Crippen molar-refractivity contribution in [3.8, 4) is 5.69 Å². The molecule has 0 aliphatic heterocycles. The van der Waals surface area contributed by atoms with E-state index in [1.807, 2.05) is 24.3 Å². The molecule has 2 heterocycles. The predicted molar refractivity (Wildman–Crippen MR) is 99.2 cm³/mol. The van der Waals surface area contributed by atoms with Gasteiger partial charge in [0.25, 0.3) is 0 Å². The number of para-hydroxylation sites is 1. The second-order valence-electron chi connectivity index (χ2n) is 6.26. The largest absolute Gasteiger partial charge is 0.416 e. The number of hydrogen-bond acceptors (Lipinski definition) is 2. The number of H-pyrrole nitrogens is 1. The molecule has 28 heavy (non-hydrogen) atoms. The molecule has 142 valence electrons. The van der Waals surface area contributed by atoms with E-state index in [0.717, 1.165) is 28.6 Å². The number of halogens is 3. The fraction of sp³-hybridized carbons (Fsp3) is 0.100. The first-order valence-electron chi connectivity index (χ1n) is 8.48. The van der Waals surface area contributed by atoms with Gasteiger partial charge in [0, 0.05) is 29.5 Å². The summed E-state index contributed by atoms with van der Waals surface area (Å²) in [6.45, 7) is 0. The van der Waals surface area contributed by atoms with Gasteiger partial charge in [-0.1, -0.05) is 18.2 Å². The zero-order valence-electron chi connectivity index (χ0n) is 14.5. The van der Waals surface area contributed by atoms with Crippen LogP contribution < -0.4 is 5.32 Å². The Morgan fingerprint density at radius 1 is 1.14 bits per heavy atom. The highest BCUT2D eigenvalue weighted by Gasteiger charge is 2.31. The van der Waals surface area contributed by atoms with Crippen LogP contribution in [0.2, 0.25) is 0 Å². The number of alkyl halides is 3. The van der Waals surface area contributed by atoms with Gasteiger partial charge in [-0.15, -0.1) is 0 Å². The SMILES string of the molecule is O=C(Cc1c[nH]c2ccccc12)Nc1cc(C(F)(F)F)ccc1-n1cccn1. The summed E-state index contributed by atoms with van der Waals surface area (Å²) in [5, 5.41) is 7.54. The van der Waals surface area contributed by atoms with Crippen molar-refractivity contribution in [3.05, 3.63) is 78.2 Å². The van der Waals surface area contributed by atoms with Crippen LogP contribution in [0.3, 0.4) is 0 Å². The fourth-order valence-corrected chi connectivity index (χ4v) is 3.07. The van der Waals surface area contributed by atoms with Crippen LogP contribution >= 0.6 is 0 Å². The minimum absolute atomic E-state index is 0.0266. The third-order valence-electron chi connectivity index (χ3n) is 4.38. The lowest BCUT2D eigenvalue weighted by atomic mass is 10.1. The lowest BCUT2D eigenvalue weighted by molar-refractivity contribution is -0.137. The van der Waals surface area contributed by atoms with E-state index >= 15 is 0 Å². The van der Waals surface area contributed by atoms with E-state index in [1.54, 1.807) is 18.5 Å². The van der Waals surface area contributed by atoms with Crippen molar-refractivity contribution in [2.24, 2.45) is 0 Å². The average molecular weight is 384 g/mol. The smallest absolute Gasteiger partial charge is 0.361 e. The number of carbonyl (C=O) groups is 1. The number of aromatic amines is 1. The maximum atomic E-state index is 13.1. The van der Waals surface area contributed by atoms with Gasteiger partial charge in [-0.2, -0.15) is 18.3 Å². The average Bonchev–Trinajstić information content (AvgIpc) is 3.31. The molecule has 4 rings (SSSR count). The maximum Gasteiger partial charge on any atom is 0.416 e. The number of rotatable bonds is 4. The first-order valence-corrected chi connectivity index (χ1v) is 8.48. The molecule has 0 radical (unpaired) electrons. The Kier molecular flexibility index (Phi) is 4.38. The van der Waals surface area contributed by atoms with E-state index < -0.39 is 17.6 Å². The molecule has 0 saturated carbocycles. The molecular formula is C20H15F3N4O. The van der Waals surface area contributed by atoms with Crippen LogP contribution in [0.15, 0.2) is 67.1 Å². The van der Waals surface area contributed by atoms with Gasteiger partial charge in [-0.25, -0.2) is 4.68 Å². The number of amides is 1. The molecule has 0 atom stereocenters. The van der Waals surface area contributed by atoms with Gasteiger partial charge in [0.1, 0.15) is 0 Å². The predicted octanol–water partition coefficient (Wildman–Crippen LogP) is 4.55. The monoisotopic (exact) mass is 384 g/mol. The lowest BCUT2D eigenvalue weighted by Crippen LogP contribution is -2.17. The highest BCUT2D eigenvalue weighted by molar-refractivity contribution is 5.97. The van der Waals surface area contributed by atoms with Crippen LogP contribution in [0.4, 0.5) is 18.9 Å². The Hall–Kier alpha value is -3.55. The normalized spacial score (nSPS) is 11.7. The summed E-state index contributed by atoms with van der Waals surface area (Å²) >= 11 is 0. The van der Waals surface area contributed by atoms with Gasteiger partial charge in [-0.3, -0.25) is 4.79 Å². The van der Waals surface area contributed by atoms with Gasteiger partial charge in [0.15, 0.2) is 0 Å². The van der Waals surface area contributed by atoms with Crippen LogP contribution in [-0.2, 0) is 17.4 Å². The number of anilines is 1. The highest BCUT2D eigenvalue weighted by atomic mass is 19.4. The summed E-state index contributed by atoms with van der Waals surface area (Å²) in [7, 11) is 0. The summed E-state index contributed by atoms with van der Waals surface area (Å²) in [6.07, 6.45) is 0.343. The van der Waals surface area contributed by atoms with Crippen LogP contribution in [0.5, 0.6) is 0 Å². The molecule has 0 aliphatic rings. The van der Waals surface area contributed by atoms with Crippen molar-refractivity contribution in [2.75, 3.05) is 5.32 Å². The van der Waals surface area contributed by atoms with E-state index in [0.29, 0.717) is 5.69 Å². The first-order chi connectivity index (χ1) is 13.4. The summed E-state index contributed by atoms with van der Waals surface area (Å²) in [5.41, 5.74) is 1.21. The third kappa shape index (κ3) is 3.48. The number of nitrogens with zero attached hydrogens (tertiary/aromatic N) is 2. The summed E-state index contributed by atoms with van der Waals surface area (Å²) < 4.78 is 40.8. The van der Waals surface area contributed by atoms with Crippen LogP contribution in [0.1, 0.15) is 11.1 Å². The van der Waals surface area contributed by atoms with Crippen LogP contribution in [0, 0.1) is 0 Å². The van der Waals surface area contributed by atoms with Gasteiger partial charge in [0.2, 0.25) is 5.91 Å². The van der Waals surface area contributed by atoms with E-state index in [4.69, 9.17) is 0 Å². The van der Waals surface area contributed by atoms with Gasteiger partial charge < -0.3 is 10.3 Å². The number of fused-ring (bicyclic) bond motifs is 1. The fourth-order valence-electron chi connectivity index (χ4n) is 3.07. The molecule has 2 aromatic carbocycles. The second kappa shape index (κ2) is 6.88. The van der Waals surface area contributed by atoms with Gasteiger partial charge in [-0.05, 0) is 35.9 Å². The van der Waals surface area contributed by atoms with Crippen molar-refractivity contribution < 1.29 is 18.0 Å². The Bertz CT molecular complexity index is 1130. The third-order valence-corrected chi connectivity index (χ3v) is 4.38. The Labute approximate surface area is 157 Å². The Morgan fingerprint density at radius 3 is 2.71 bits per heavy atom. The second-order valence-corrected chi connectivity index (χ2v) is 6.26. The van der Waals surface area contributed by atoms with Gasteiger partial charge in [0.05, 0.1) is 23.4 Å². The zero-order chi connectivity index (χ0) is 19.7. The maximum absolute atomic E-state index is 13.1. The van der Waals surface area contributed by atoms with E-state index in [-0.39, 0.29) is 12.1 Å². The standard InChI is InChI=1S/C20H15F3N4O/c21-20(22,23)14-6-7-18(27-9-3-8-25-27)17(11-14)26-19(28)10-13-12-24-16-5-2-1-4-15(13)16/h1-9,11-12,24H,10H2,(H,26,28). The molecule has 0 saturated heterocycles. The summed E-state index contributed by atoms with van der Waals surface area (Å²) in [5.74, 6) is -0.419. The van der Waals surface area contributed by atoms with E-state index in [2.05, 4.69) is 15.4 Å². The molecular weight excluding hydrogens is 369 g/mol. The van der Waals surface area contributed by atoms with Crippen molar-refractivity contribution in [2.45, 2.75) is 12.6 Å². The Balaban J connectivity index is 1.64. The summed E-state index contributed by atoms with van der Waals surface area (Å²) in [4.78, 5) is 15.6. The lowest BCUT2D eigenvalue weighted by Gasteiger charge is -2.14. The van der Waals surface area contributed by atoms with Crippen molar-refractivity contribution >= 4 is 22.5 Å². The molecule has 0 unspecified atom stereocenters. The molecule has 0 spiro atoms. The molecule has 0 aliphatic carbocycles. The first kappa shape index (κ1) is 17.8. The van der Waals surface area contributed by atoms with Gasteiger partial charge >= 0.3 is 6.18 Å². The van der Waals surface area contributed by atoms with Crippen molar-refractivity contribution in [1.29, 1.82) is 0 Å². The minimum atomic E-state index is -4.51.